The third kappa shape index (κ3) is 45.0. The minimum atomic E-state index is -4.66. The lowest BCUT2D eigenvalue weighted by Gasteiger charge is -2.20. The van der Waals surface area contributed by atoms with Crippen molar-refractivity contribution in [1.29, 1.82) is 0 Å². The molecule has 11 heteroatoms. The first kappa shape index (κ1) is 59.6. The number of hydrogen-bond donors (Lipinski definition) is 3. The van der Waals surface area contributed by atoms with Crippen LogP contribution in [0.15, 0.2) is 109 Å². The molecule has 0 aromatic heterocycles. The summed E-state index contributed by atoms with van der Waals surface area (Å²) in [6.45, 7) is 1.92. The first-order chi connectivity index (χ1) is 30.8. The molecule has 0 bridgehead atoms. The van der Waals surface area contributed by atoms with E-state index >= 15 is 0 Å². The van der Waals surface area contributed by atoms with Crippen molar-refractivity contribution in [3.63, 3.8) is 0 Å². The predicted molar refractivity (Wildman–Crippen MR) is 260 cm³/mol. The maximum absolute atomic E-state index is 12.4. The van der Waals surface area contributed by atoms with Gasteiger partial charge in [-0.25, -0.2) is 4.57 Å². The Morgan fingerprint density at radius 2 is 0.698 bits per heavy atom. The van der Waals surface area contributed by atoms with Crippen LogP contribution < -0.4 is 0 Å². The topological polar surface area (TPSA) is 149 Å². The Labute approximate surface area is 382 Å². The Balaban J connectivity index is 3.96. The van der Waals surface area contributed by atoms with Gasteiger partial charge >= 0.3 is 19.8 Å². The van der Waals surface area contributed by atoms with Crippen LogP contribution in [0.25, 0.3) is 0 Å². The van der Waals surface area contributed by atoms with Crippen LogP contribution in [-0.2, 0) is 32.7 Å². The number of ether oxygens (including phenoxy) is 2. The van der Waals surface area contributed by atoms with Gasteiger partial charge in [-0.3, -0.25) is 18.6 Å². The van der Waals surface area contributed by atoms with E-state index in [1.165, 1.54) is 25.7 Å². The van der Waals surface area contributed by atoms with Crippen molar-refractivity contribution >= 4 is 19.8 Å². The molecule has 0 aliphatic rings. The van der Waals surface area contributed by atoms with E-state index in [2.05, 4.69) is 123 Å². The van der Waals surface area contributed by atoms with Crippen LogP contribution in [-0.4, -0.2) is 65.7 Å². The normalized spacial score (nSPS) is 14.7. The molecule has 0 aromatic carbocycles. The molecule has 0 heterocycles. The molecule has 63 heavy (non-hydrogen) atoms. The summed E-state index contributed by atoms with van der Waals surface area (Å²) in [5, 5.41) is 19.2. The van der Waals surface area contributed by atoms with Crippen LogP contribution in [0.2, 0.25) is 0 Å². The van der Waals surface area contributed by atoms with Crippen LogP contribution in [0.5, 0.6) is 0 Å². The average molecular weight is 901 g/mol. The first-order valence-corrected chi connectivity index (χ1v) is 25.3. The lowest BCUT2D eigenvalue weighted by Crippen LogP contribution is -2.28. The zero-order valence-electron chi connectivity index (χ0n) is 39.0. The second kappa shape index (κ2) is 46.6. The number of carbonyl (C=O) groups is 2. The quantitative estimate of drug-likeness (QED) is 0.0234. The maximum atomic E-state index is 12.4. The summed E-state index contributed by atoms with van der Waals surface area (Å²) in [6, 6.07) is 0. The highest BCUT2D eigenvalue weighted by Gasteiger charge is 2.27. The van der Waals surface area contributed by atoms with Gasteiger partial charge in [0, 0.05) is 12.8 Å². The van der Waals surface area contributed by atoms with Crippen LogP contribution >= 0.6 is 7.82 Å². The monoisotopic (exact) mass is 901 g/mol. The molecule has 3 N–H and O–H groups in total. The predicted octanol–water partition coefficient (Wildman–Crippen LogP) is 13.3. The van der Waals surface area contributed by atoms with Gasteiger partial charge in [-0.15, -0.1) is 0 Å². The molecule has 3 atom stereocenters. The van der Waals surface area contributed by atoms with Crippen LogP contribution in [0.4, 0.5) is 0 Å². The third-order valence-corrected chi connectivity index (χ3v) is 10.4. The lowest BCUT2D eigenvalue weighted by molar-refractivity contribution is -0.153. The van der Waals surface area contributed by atoms with Crippen molar-refractivity contribution in [2.24, 2.45) is 0 Å². The molecule has 10 nitrogen and oxygen atoms in total. The van der Waals surface area contributed by atoms with Gasteiger partial charge in [0.2, 0.25) is 0 Å². The third-order valence-electron chi connectivity index (χ3n) is 9.48. The van der Waals surface area contributed by atoms with E-state index in [1.54, 1.807) is 0 Å². The van der Waals surface area contributed by atoms with Gasteiger partial charge in [-0.05, 0) is 96.3 Å². The highest BCUT2D eigenvalue weighted by molar-refractivity contribution is 7.47. The fourth-order valence-corrected chi connectivity index (χ4v) is 6.68. The molecule has 0 aliphatic carbocycles. The standard InChI is InChI=1S/C52H85O10P/c1-3-5-7-9-11-13-15-17-19-21-23-24-26-28-30-32-34-36-38-40-42-44-52(56)62-50(46-54)48-60-63(57,58)59-47-49(45-53)61-51(55)43-41-39-37-35-33-31-29-27-25-22-20-18-16-14-12-10-8-6-4-2/h5-8,11-14,17-20,23-25,27,31,33,49-50,53-54H,3-4,9-10,15-16,21-22,26,28-30,32,34-48H2,1-2H3,(H,57,58)/b7-5-,8-6-,13-11-,14-12-,19-17-,20-18-,24-23-,27-25-,33-31-. The zero-order chi connectivity index (χ0) is 46.2. The molecule has 0 rings (SSSR count). The van der Waals surface area contributed by atoms with Gasteiger partial charge in [0.15, 0.2) is 0 Å². The summed E-state index contributed by atoms with van der Waals surface area (Å²) >= 11 is 0. The highest BCUT2D eigenvalue weighted by Crippen LogP contribution is 2.43. The SMILES string of the molecule is CC/C=C\C/C=C\C/C=C\C/C=C\C/C=C\CCCCCC(=O)OC(CO)COP(=O)(O)OCC(CO)OC(=O)CCCCCCCCCC/C=C\C/C=C\C/C=C\C/C=C\CC. The van der Waals surface area contributed by atoms with E-state index in [0.717, 1.165) is 103 Å². The van der Waals surface area contributed by atoms with Gasteiger partial charge in [0.25, 0.3) is 0 Å². The average Bonchev–Trinajstić information content (AvgIpc) is 3.27. The van der Waals surface area contributed by atoms with Crippen molar-refractivity contribution < 1.29 is 47.8 Å². The number of phosphoric acid groups is 1. The van der Waals surface area contributed by atoms with Gasteiger partial charge < -0.3 is 24.6 Å². The fourth-order valence-electron chi connectivity index (χ4n) is 5.90. The Kier molecular flexibility index (Phi) is 44.1. The molecule has 0 saturated heterocycles. The molecule has 0 aliphatic heterocycles. The maximum Gasteiger partial charge on any atom is 0.472 e. The number of esters is 2. The molecule has 0 spiro atoms. The molecular weight excluding hydrogens is 816 g/mol. The van der Waals surface area contributed by atoms with Gasteiger partial charge in [-0.2, -0.15) is 0 Å². The summed E-state index contributed by atoms with van der Waals surface area (Å²) < 4.78 is 32.6. The van der Waals surface area contributed by atoms with Crippen molar-refractivity contribution in [2.75, 3.05) is 26.4 Å². The van der Waals surface area contributed by atoms with Gasteiger partial charge in [0.1, 0.15) is 12.2 Å². The van der Waals surface area contributed by atoms with Crippen molar-refractivity contribution in [3.05, 3.63) is 109 Å². The summed E-state index contributed by atoms with van der Waals surface area (Å²) in [5.74, 6) is -1.07. The van der Waals surface area contributed by atoms with Crippen LogP contribution in [0.1, 0.15) is 168 Å². The second-order valence-corrected chi connectivity index (χ2v) is 16.8. The molecule has 0 saturated carbocycles. The van der Waals surface area contributed by atoms with Crippen LogP contribution in [0.3, 0.4) is 0 Å². The largest absolute Gasteiger partial charge is 0.472 e. The van der Waals surface area contributed by atoms with E-state index < -0.39 is 58.4 Å². The summed E-state index contributed by atoms with van der Waals surface area (Å²) in [5.41, 5.74) is 0. The number of hydrogen-bond acceptors (Lipinski definition) is 9. The molecule has 3 unspecified atom stereocenters. The summed E-state index contributed by atoms with van der Waals surface area (Å²) in [7, 11) is -4.66. The Hall–Kier alpha value is -3.37. The number of aliphatic hydroxyl groups is 2. The number of allylic oxidation sites excluding steroid dienone is 18. The molecule has 0 radical (unpaired) electrons. The van der Waals surface area contributed by atoms with Gasteiger partial charge in [0.05, 0.1) is 26.4 Å². The molecule has 0 fully saturated rings. The van der Waals surface area contributed by atoms with Crippen molar-refractivity contribution in [2.45, 2.75) is 180 Å². The second-order valence-electron chi connectivity index (χ2n) is 15.3. The smallest absolute Gasteiger partial charge is 0.457 e. The minimum absolute atomic E-state index is 0.146. The minimum Gasteiger partial charge on any atom is -0.457 e. The molecule has 0 amide bonds. The van der Waals surface area contributed by atoms with Crippen LogP contribution in [0, 0.1) is 0 Å². The summed E-state index contributed by atoms with van der Waals surface area (Å²) in [6.07, 6.45) is 59.1. The number of rotatable bonds is 43. The number of aliphatic hydroxyl groups excluding tert-OH is 2. The van der Waals surface area contributed by atoms with E-state index in [4.69, 9.17) is 18.5 Å². The lowest BCUT2D eigenvalue weighted by atomic mass is 10.1. The highest BCUT2D eigenvalue weighted by atomic mass is 31.2. The molecule has 0 aromatic rings. The molecule has 358 valence electrons. The number of phosphoric ester groups is 1. The fraction of sp³-hybridized carbons (Fsp3) is 0.615. The number of carbonyl (C=O) groups excluding carboxylic acids is 2. The Morgan fingerprint density at radius 1 is 0.429 bits per heavy atom. The zero-order valence-corrected chi connectivity index (χ0v) is 39.9. The van der Waals surface area contributed by atoms with Crippen molar-refractivity contribution in [3.8, 4) is 0 Å². The van der Waals surface area contributed by atoms with E-state index in [9.17, 15) is 29.3 Å². The first-order valence-electron chi connectivity index (χ1n) is 23.8. The van der Waals surface area contributed by atoms with Gasteiger partial charge in [-0.1, -0.05) is 168 Å². The van der Waals surface area contributed by atoms with Crippen molar-refractivity contribution in [1.82, 2.24) is 0 Å². The van der Waals surface area contributed by atoms with E-state index in [-0.39, 0.29) is 12.8 Å². The molecular formula is C52H85O10P. The number of unbranched alkanes of at least 4 members (excludes halogenated alkanes) is 11. The van der Waals surface area contributed by atoms with E-state index in [0.29, 0.717) is 12.8 Å². The Bertz CT molecular complexity index is 1410. The summed E-state index contributed by atoms with van der Waals surface area (Å²) in [4.78, 5) is 34.6. The van der Waals surface area contributed by atoms with E-state index in [1.807, 2.05) is 0 Å². The Morgan fingerprint density at radius 3 is 1.02 bits per heavy atom.